The molecule has 0 amide bonds. The number of fused-ring (bicyclic) bond motifs is 1. The van der Waals surface area contributed by atoms with Crippen LogP contribution in [0.15, 0.2) is 47.4 Å². The van der Waals surface area contributed by atoms with Crippen LogP contribution in [0.3, 0.4) is 0 Å². The van der Waals surface area contributed by atoms with E-state index >= 15 is 0 Å². The van der Waals surface area contributed by atoms with Gasteiger partial charge in [0.25, 0.3) is 0 Å². The van der Waals surface area contributed by atoms with E-state index < -0.39 is 10.0 Å². The van der Waals surface area contributed by atoms with Crippen molar-refractivity contribution in [3.8, 4) is 0 Å². The molecule has 0 N–H and O–H groups in total. The number of rotatable bonds is 3. The zero-order valence-electron chi connectivity index (χ0n) is 11.7. The molecule has 0 atom stereocenters. The van der Waals surface area contributed by atoms with Gasteiger partial charge >= 0.3 is 0 Å². The molecule has 110 valence electrons. The third-order valence-corrected chi connectivity index (χ3v) is 5.89. The Balaban J connectivity index is 1.91. The van der Waals surface area contributed by atoms with Gasteiger partial charge in [0.2, 0.25) is 10.0 Å². The maximum Gasteiger partial charge on any atom is 0.243 e. The lowest BCUT2D eigenvalue weighted by molar-refractivity contribution is 0.431. The normalized spacial score (nSPS) is 15.1. The van der Waals surface area contributed by atoms with E-state index in [0.29, 0.717) is 23.9 Å². The number of aryl methyl sites for hydroxylation is 1. The molecular weight excluding hydrogens is 306 g/mol. The zero-order chi connectivity index (χ0) is 15.0. The standard InChI is InChI=1S/C16H16ClNO2S/c1-12-2-6-16(7-3-12)21(19,20)18-10-14-5-4-13(9-17)8-15(14)11-18/h2-8H,9-11H2,1H3. The predicted molar refractivity (Wildman–Crippen MR) is 83.6 cm³/mol. The SMILES string of the molecule is Cc1ccc(S(=O)(=O)N2Cc3ccc(CCl)cc3C2)cc1. The first kappa shape index (κ1) is 14.6. The fourth-order valence-corrected chi connectivity index (χ4v) is 4.09. The van der Waals surface area contributed by atoms with Gasteiger partial charge in [0.05, 0.1) is 4.90 Å². The first-order chi connectivity index (χ1) is 10.0. The molecule has 1 heterocycles. The van der Waals surface area contributed by atoms with Gasteiger partial charge in [0.1, 0.15) is 0 Å². The first-order valence-corrected chi connectivity index (χ1v) is 8.71. The summed E-state index contributed by atoms with van der Waals surface area (Å²) in [5.74, 6) is 0.442. The highest BCUT2D eigenvalue weighted by Crippen LogP contribution is 2.29. The molecule has 5 heteroatoms. The van der Waals surface area contributed by atoms with E-state index in [1.54, 1.807) is 12.1 Å². The van der Waals surface area contributed by atoms with Crippen LogP contribution >= 0.6 is 11.6 Å². The summed E-state index contributed by atoms with van der Waals surface area (Å²) in [5.41, 5.74) is 4.17. The van der Waals surface area contributed by atoms with Crippen molar-refractivity contribution in [3.05, 3.63) is 64.7 Å². The van der Waals surface area contributed by atoms with Gasteiger partial charge in [0.15, 0.2) is 0 Å². The van der Waals surface area contributed by atoms with Crippen molar-refractivity contribution in [1.29, 1.82) is 0 Å². The summed E-state index contributed by atoms with van der Waals surface area (Å²) in [5, 5.41) is 0. The average molecular weight is 322 g/mol. The van der Waals surface area contributed by atoms with Crippen LogP contribution in [-0.2, 0) is 29.0 Å². The molecule has 3 rings (SSSR count). The highest BCUT2D eigenvalue weighted by molar-refractivity contribution is 7.89. The van der Waals surface area contributed by atoms with E-state index in [0.717, 1.165) is 22.3 Å². The molecule has 0 aromatic heterocycles. The highest BCUT2D eigenvalue weighted by atomic mass is 35.5. The summed E-state index contributed by atoms with van der Waals surface area (Å²) in [6.07, 6.45) is 0. The number of hydrogen-bond donors (Lipinski definition) is 0. The van der Waals surface area contributed by atoms with Crippen molar-refractivity contribution in [2.24, 2.45) is 0 Å². The lowest BCUT2D eigenvalue weighted by atomic mass is 10.1. The number of halogens is 1. The van der Waals surface area contributed by atoms with Gasteiger partial charge in [-0.15, -0.1) is 11.6 Å². The Labute approximate surface area is 130 Å². The van der Waals surface area contributed by atoms with E-state index in [4.69, 9.17) is 11.6 Å². The van der Waals surface area contributed by atoms with Gasteiger partial charge in [-0.05, 0) is 35.7 Å². The van der Waals surface area contributed by atoms with Crippen LogP contribution in [0.5, 0.6) is 0 Å². The Hall–Kier alpha value is -1.36. The zero-order valence-corrected chi connectivity index (χ0v) is 13.3. The van der Waals surface area contributed by atoms with Crippen molar-refractivity contribution >= 4 is 21.6 Å². The van der Waals surface area contributed by atoms with Crippen LogP contribution in [-0.4, -0.2) is 12.7 Å². The molecule has 0 radical (unpaired) electrons. The molecule has 1 aliphatic heterocycles. The minimum Gasteiger partial charge on any atom is -0.207 e. The highest BCUT2D eigenvalue weighted by Gasteiger charge is 2.30. The maximum atomic E-state index is 12.7. The number of sulfonamides is 1. The summed E-state index contributed by atoms with van der Waals surface area (Å²) in [7, 11) is -3.44. The Morgan fingerprint density at radius 3 is 2.38 bits per heavy atom. The van der Waals surface area contributed by atoms with Gasteiger partial charge in [-0.3, -0.25) is 0 Å². The number of alkyl halides is 1. The molecule has 2 aromatic carbocycles. The number of nitrogens with zero attached hydrogens (tertiary/aromatic N) is 1. The van der Waals surface area contributed by atoms with Crippen molar-refractivity contribution in [2.45, 2.75) is 30.8 Å². The van der Waals surface area contributed by atoms with Crippen LogP contribution in [0.4, 0.5) is 0 Å². The first-order valence-electron chi connectivity index (χ1n) is 6.74. The second-order valence-electron chi connectivity index (χ2n) is 5.32. The quantitative estimate of drug-likeness (QED) is 0.812. The minimum absolute atomic E-state index is 0.346. The maximum absolute atomic E-state index is 12.7. The fourth-order valence-electron chi connectivity index (χ4n) is 2.53. The van der Waals surface area contributed by atoms with Crippen molar-refractivity contribution in [2.75, 3.05) is 0 Å². The summed E-state index contributed by atoms with van der Waals surface area (Å²) in [6, 6.07) is 12.9. The van der Waals surface area contributed by atoms with Crippen molar-refractivity contribution in [3.63, 3.8) is 0 Å². The molecule has 1 aliphatic rings. The van der Waals surface area contributed by atoms with Crippen LogP contribution in [0, 0.1) is 6.92 Å². The number of benzene rings is 2. The van der Waals surface area contributed by atoms with Crippen LogP contribution in [0.25, 0.3) is 0 Å². The van der Waals surface area contributed by atoms with E-state index in [-0.39, 0.29) is 0 Å². The van der Waals surface area contributed by atoms with Crippen molar-refractivity contribution < 1.29 is 8.42 Å². The summed E-state index contributed by atoms with van der Waals surface area (Å²) < 4.78 is 26.9. The summed E-state index contributed by atoms with van der Waals surface area (Å²) >= 11 is 5.83. The molecule has 2 aromatic rings. The molecule has 0 aliphatic carbocycles. The monoisotopic (exact) mass is 321 g/mol. The van der Waals surface area contributed by atoms with Crippen LogP contribution in [0.2, 0.25) is 0 Å². The van der Waals surface area contributed by atoms with Crippen LogP contribution < -0.4 is 0 Å². The molecule has 0 fully saturated rings. The third-order valence-electron chi connectivity index (χ3n) is 3.78. The van der Waals surface area contributed by atoms with E-state index in [9.17, 15) is 8.42 Å². The number of hydrogen-bond acceptors (Lipinski definition) is 2. The smallest absolute Gasteiger partial charge is 0.207 e. The van der Waals surface area contributed by atoms with E-state index in [2.05, 4.69) is 0 Å². The Bertz CT molecular complexity index is 769. The third kappa shape index (κ3) is 2.71. The summed E-state index contributed by atoms with van der Waals surface area (Å²) in [6.45, 7) is 2.78. The van der Waals surface area contributed by atoms with E-state index in [1.165, 1.54) is 4.31 Å². The lowest BCUT2D eigenvalue weighted by Crippen LogP contribution is -2.25. The van der Waals surface area contributed by atoms with Crippen molar-refractivity contribution in [1.82, 2.24) is 4.31 Å². The molecule has 3 nitrogen and oxygen atoms in total. The van der Waals surface area contributed by atoms with Gasteiger partial charge in [-0.25, -0.2) is 8.42 Å². The second kappa shape index (κ2) is 5.44. The second-order valence-corrected chi connectivity index (χ2v) is 7.53. The molecule has 0 spiro atoms. The molecule has 21 heavy (non-hydrogen) atoms. The molecule has 0 saturated carbocycles. The summed E-state index contributed by atoms with van der Waals surface area (Å²) in [4.78, 5) is 0.346. The molecule has 0 unspecified atom stereocenters. The minimum atomic E-state index is -3.44. The largest absolute Gasteiger partial charge is 0.243 e. The van der Waals surface area contributed by atoms with Gasteiger partial charge in [0, 0.05) is 19.0 Å². The fraction of sp³-hybridized carbons (Fsp3) is 0.250. The van der Waals surface area contributed by atoms with Gasteiger partial charge < -0.3 is 0 Å². The van der Waals surface area contributed by atoms with Gasteiger partial charge in [-0.1, -0.05) is 35.9 Å². The molecular formula is C16H16ClNO2S. The van der Waals surface area contributed by atoms with Crippen LogP contribution in [0.1, 0.15) is 22.3 Å². The van der Waals surface area contributed by atoms with E-state index in [1.807, 2.05) is 37.3 Å². The Morgan fingerprint density at radius 2 is 1.71 bits per heavy atom. The molecule has 0 bridgehead atoms. The average Bonchev–Trinajstić information content (AvgIpc) is 2.91. The lowest BCUT2D eigenvalue weighted by Gasteiger charge is -2.15. The molecule has 0 saturated heterocycles. The Kier molecular flexibility index (Phi) is 3.78. The predicted octanol–water partition coefficient (Wildman–Crippen LogP) is 3.44. The Morgan fingerprint density at radius 1 is 1.05 bits per heavy atom. The van der Waals surface area contributed by atoms with Gasteiger partial charge in [-0.2, -0.15) is 4.31 Å². The topological polar surface area (TPSA) is 37.4 Å².